The van der Waals surface area contributed by atoms with Gasteiger partial charge >= 0.3 is 0 Å². The molecule has 1 saturated carbocycles. The number of carbonyl (C=O) groups excluding carboxylic acids is 1. The number of carbonyl (C=O) groups is 1. The summed E-state index contributed by atoms with van der Waals surface area (Å²) in [6, 6.07) is 15.9. The lowest BCUT2D eigenvalue weighted by Crippen LogP contribution is -2.50. The Kier molecular flexibility index (Phi) is 5.31. The summed E-state index contributed by atoms with van der Waals surface area (Å²) in [7, 11) is 0. The second-order valence-electron chi connectivity index (χ2n) is 6.54. The van der Waals surface area contributed by atoms with E-state index in [4.69, 9.17) is 5.73 Å². The summed E-state index contributed by atoms with van der Waals surface area (Å²) in [5.74, 6) is -0.459. The molecule has 0 heterocycles. The molecule has 0 saturated heterocycles. The maximum atomic E-state index is 13.4. The predicted molar refractivity (Wildman–Crippen MR) is 95.6 cm³/mol. The van der Waals surface area contributed by atoms with Gasteiger partial charge < -0.3 is 11.1 Å². The molecule has 1 unspecified atom stereocenters. The largest absolute Gasteiger partial charge is 0.353 e. The van der Waals surface area contributed by atoms with Crippen LogP contribution in [0.25, 0.3) is 0 Å². The van der Waals surface area contributed by atoms with Gasteiger partial charge in [0.25, 0.3) is 0 Å². The summed E-state index contributed by atoms with van der Waals surface area (Å²) in [6.07, 6.45) is 1.90. The van der Waals surface area contributed by atoms with Gasteiger partial charge in [0.05, 0.1) is 0 Å². The van der Waals surface area contributed by atoms with Crippen LogP contribution in [0.5, 0.6) is 0 Å². The summed E-state index contributed by atoms with van der Waals surface area (Å²) < 4.78 is 13.4. The highest BCUT2D eigenvalue weighted by Gasteiger charge is 2.45. The zero-order valence-corrected chi connectivity index (χ0v) is 14.4. The van der Waals surface area contributed by atoms with Crippen LogP contribution in [0.15, 0.2) is 54.6 Å². The zero-order chi connectivity index (χ0) is 16.5. The fourth-order valence-corrected chi connectivity index (χ4v) is 2.89. The van der Waals surface area contributed by atoms with Crippen molar-refractivity contribution in [3.05, 3.63) is 71.5 Å². The smallest absolute Gasteiger partial charge is 0.244 e. The average Bonchev–Trinajstić information content (AvgIpc) is 3.34. The van der Waals surface area contributed by atoms with Crippen LogP contribution in [0.3, 0.4) is 0 Å². The molecular formula is C19H22ClFN2O. The molecule has 3 nitrogen and oxygen atoms in total. The zero-order valence-electron chi connectivity index (χ0n) is 13.6. The van der Waals surface area contributed by atoms with Crippen molar-refractivity contribution in [1.29, 1.82) is 0 Å². The van der Waals surface area contributed by atoms with E-state index in [0.717, 1.165) is 24.0 Å². The number of hydrogen-bond donors (Lipinski definition) is 2. The van der Waals surface area contributed by atoms with E-state index >= 15 is 0 Å². The predicted octanol–water partition coefficient (Wildman–Crippen LogP) is 3.27. The van der Waals surface area contributed by atoms with Crippen LogP contribution in [-0.4, -0.2) is 12.5 Å². The van der Waals surface area contributed by atoms with E-state index in [9.17, 15) is 9.18 Å². The molecule has 0 spiro atoms. The normalized spacial score (nSPS) is 17.3. The Morgan fingerprint density at radius 2 is 1.88 bits per heavy atom. The van der Waals surface area contributed by atoms with E-state index in [1.54, 1.807) is 19.1 Å². The van der Waals surface area contributed by atoms with Crippen molar-refractivity contribution in [2.24, 2.45) is 5.73 Å². The molecule has 5 heteroatoms. The van der Waals surface area contributed by atoms with Gasteiger partial charge in [-0.3, -0.25) is 4.79 Å². The molecule has 1 fully saturated rings. The molecule has 24 heavy (non-hydrogen) atoms. The molecular weight excluding hydrogens is 327 g/mol. The number of rotatable bonds is 5. The first-order valence-corrected chi connectivity index (χ1v) is 7.83. The highest BCUT2D eigenvalue weighted by atomic mass is 35.5. The molecule has 0 radical (unpaired) electrons. The van der Waals surface area contributed by atoms with Gasteiger partial charge in [0.2, 0.25) is 5.91 Å². The molecule has 3 rings (SSSR count). The lowest BCUT2D eigenvalue weighted by atomic mass is 9.91. The van der Waals surface area contributed by atoms with Crippen LogP contribution in [0, 0.1) is 5.82 Å². The summed E-state index contributed by atoms with van der Waals surface area (Å²) in [6.45, 7) is 2.19. The van der Waals surface area contributed by atoms with E-state index in [1.165, 1.54) is 6.07 Å². The Balaban J connectivity index is 0.00000208. The van der Waals surface area contributed by atoms with Gasteiger partial charge in [-0.05, 0) is 43.0 Å². The van der Waals surface area contributed by atoms with Crippen LogP contribution in [-0.2, 0) is 15.7 Å². The number of nitrogens with one attached hydrogen (secondary N) is 1. The monoisotopic (exact) mass is 348 g/mol. The van der Waals surface area contributed by atoms with Crippen LogP contribution in [0.1, 0.15) is 30.9 Å². The molecule has 1 aliphatic carbocycles. The molecule has 1 aliphatic rings. The van der Waals surface area contributed by atoms with E-state index in [-0.39, 0.29) is 29.5 Å². The number of hydrogen-bond acceptors (Lipinski definition) is 2. The van der Waals surface area contributed by atoms with E-state index in [2.05, 4.69) is 5.32 Å². The quantitative estimate of drug-likeness (QED) is 0.871. The van der Waals surface area contributed by atoms with Crippen molar-refractivity contribution in [2.75, 3.05) is 6.54 Å². The van der Waals surface area contributed by atoms with Crippen molar-refractivity contribution in [1.82, 2.24) is 5.32 Å². The molecule has 3 N–H and O–H groups in total. The number of halogens is 2. The summed E-state index contributed by atoms with van der Waals surface area (Å²) in [5, 5.41) is 2.96. The van der Waals surface area contributed by atoms with Gasteiger partial charge in [0.1, 0.15) is 11.4 Å². The Hall–Kier alpha value is -1.91. The van der Waals surface area contributed by atoms with Gasteiger partial charge in [0, 0.05) is 12.0 Å². The highest BCUT2D eigenvalue weighted by molar-refractivity contribution is 5.87. The van der Waals surface area contributed by atoms with E-state index in [1.807, 2.05) is 36.4 Å². The van der Waals surface area contributed by atoms with Gasteiger partial charge in [-0.1, -0.05) is 42.5 Å². The summed E-state index contributed by atoms with van der Waals surface area (Å²) in [4.78, 5) is 12.5. The number of nitrogens with two attached hydrogens (primary N) is 1. The van der Waals surface area contributed by atoms with Crippen molar-refractivity contribution in [3.8, 4) is 0 Å². The summed E-state index contributed by atoms with van der Waals surface area (Å²) in [5.41, 5.74) is 6.70. The number of amides is 1. The molecule has 0 aromatic heterocycles. The topological polar surface area (TPSA) is 55.1 Å². The van der Waals surface area contributed by atoms with Crippen LogP contribution < -0.4 is 11.1 Å². The van der Waals surface area contributed by atoms with Crippen molar-refractivity contribution in [2.45, 2.75) is 30.7 Å². The third-order valence-electron chi connectivity index (χ3n) is 4.72. The first-order valence-electron chi connectivity index (χ1n) is 7.83. The Bertz CT molecular complexity index is 714. The fourth-order valence-electron chi connectivity index (χ4n) is 2.89. The van der Waals surface area contributed by atoms with Gasteiger partial charge in [-0.25, -0.2) is 4.39 Å². The minimum Gasteiger partial charge on any atom is -0.353 e. The Morgan fingerprint density at radius 1 is 1.21 bits per heavy atom. The molecule has 2 aromatic carbocycles. The van der Waals surface area contributed by atoms with Crippen LogP contribution in [0.4, 0.5) is 4.39 Å². The molecule has 0 bridgehead atoms. The van der Waals surface area contributed by atoms with Crippen molar-refractivity contribution >= 4 is 18.3 Å². The first kappa shape index (κ1) is 18.4. The lowest BCUT2D eigenvalue weighted by molar-refractivity contribution is -0.126. The maximum Gasteiger partial charge on any atom is 0.244 e. The Labute approximate surface area is 147 Å². The second kappa shape index (κ2) is 6.91. The number of benzene rings is 2. The average molecular weight is 349 g/mol. The standard InChI is InChI=1S/C19H21FN2O.ClH/c1-18(21,14-6-3-2-4-7-14)17(23)22-13-19(10-11-19)15-8-5-9-16(20)12-15;/h2-9,12H,10-11,13,21H2,1H3,(H,22,23);1H. The second-order valence-corrected chi connectivity index (χ2v) is 6.54. The minimum absolute atomic E-state index is 0. The molecule has 128 valence electrons. The van der Waals surface area contributed by atoms with E-state index in [0.29, 0.717) is 6.54 Å². The third kappa shape index (κ3) is 3.60. The SMILES string of the molecule is CC(N)(C(=O)NCC1(c2cccc(F)c2)CC1)c1ccccc1.Cl. The molecule has 0 aliphatic heterocycles. The summed E-state index contributed by atoms with van der Waals surface area (Å²) >= 11 is 0. The lowest BCUT2D eigenvalue weighted by Gasteiger charge is -2.26. The Morgan fingerprint density at radius 3 is 2.46 bits per heavy atom. The van der Waals surface area contributed by atoms with Crippen LogP contribution >= 0.6 is 12.4 Å². The van der Waals surface area contributed by atoms with Crippen molar-refractivity contribution < 1.29 is 9.18 Å². The third-order valence-corrected chi connectivity index (χ3v) is 4.72. The maximum absolute atomic E-state index is 13.4. The minimum atomic E-state index is -1.08. The molecule has 2 aromatic rings. The van der Waals surface area contributed by atoms with E-state index < -0.39 is 5.54 Å². The molecule has 1 amide bonds. The van der Waals surface area contributed by atoms with Gasteiger partial charge in [-0.2, -0.15) is 0 Å². The van der Waals surface area contributed by atoms with Gasteiger partial charge in [0.15, 0.2) is 0 Å². The molecule has 1 atom stereocenters. The van der Waals surface area contributed by atoms with Crippen LogP contribution in [0.2, 0.25) is 0 Å². The first-order chi connectivity index (χ1) is 10.9. The highest BCUT2D eigenvalue weighted by Crippen LogP contribution is 2.47. The fraction of sp³-hybridized carbons (Fsp3) is 0.316. The van der Waals surface area contributed by atoms with Gasteiger partial charge in [-0.15, -0.1) is 12.4 Å². The van der Waals surface area contributed by atoms with Crippen molar-refractivity contribution in [3.63, 3.8) is 0 Å².